The molecule has 0 bridgehead atoms. The van der Waals surface area contributed by atoms with Gasteiger partial charge < -0.3 is 9.47 Å². The van der Waals surface area contributed by atoms with E-state index in [0.29, 0.717) is 25.7 Å². The first-order chi connectivity index (χ1) is 8.74. The highest BCUT2D eigenvalue weighted by molar-refractivity contribution is 7.16. The van der Waals surface area contributed by atoms with Gasteiger partial charge in [0.05, 0.1) is 19.8 Å². The normalized spacial score (nSPS) is 20.9. The minimum absolute atomic E-state index is 0.0580. The molecule has 0 aliphatic carbocycles. The van der Waals surface area contributed by atoms with Crippen molar-refractivity contribution in [2.24, 2.45) is 5.92 Å². The molecule has 0 N–H and O–H groups in total. The number of nitrogens with zero attached hydrogens (tertiary/aromatic N) is 4. The summed E-state index contributed by atoms with van der Waals surface area (Å²) in [5, 5.41) is 13.8. The average Bonchev–Trinajstić information content (AvgIpc) is 2.92. The number of hydrogen-bond donors (Lipinski definition) is 0. The SMILES string of the molecule is CC(C)Cc1nnc2sc([C@H]3COCCO3)nn12. The summed E-state index contributed by atoms with van der Waals surface area (Å²) in [6.45, 7) is 6.19. The highest BCUT2D eigenvalue weighted by Gasteiger charge is 2.22. The van der Waals surface area contributed by atoms with Gasteiger partial charge in [-0.15, -0.1) is 10.2 Å². The quantitative estimate of drug-likeness (QED) is 0.843. The third-order valence-electron chi connectivity index (χ3n) is 2.75. The second kappa shape index (κ2) is 4.91. The van der Waals surface area contributed by atoms with E-state index in [2.05, 4.69) is 29.1 Å². The van der Waals surface area contributed by atoms with Crippen molar-refractivity contribution in [1.29, 1.82) is 0 Å². The van der Waals surface area contributed by atoms with Gasteiger partial charge in [0.15, 0.2) is 5.82 Å². The largest absolute Gasteiger partial charge is 0.376 e. The summed E-state index contributed by atoms with van der Waals surface area (Å²) >= 11 is 1.52. The van der Waals surface area contributed by atoms with E-state index in [1.165, 1.54) is 11.3 Å². The van der Waals surface area contributed by atoms with Gasteiger partial charge in [0.25, 0.3) is 0 Å². The van der Waals surface area contributed by atoms with Gasteiger partial charge >= 0.3 is 0 Å². The number of aromatic nitrogens is 4. The molecule has 1 saturated heterocycles. The van der Waals surface area contributed by atoms with Crippen molar-refractivity contribution in [3.63, 3.8) is 0 Å². The van der Waals surface area contributed by atoms with E-state index in [0.717, 1.165) is 22.2 Å². The average molecular weight is 268 g/mol. The Balaban J connectivity index is 1.88. The van der Waals surface area contributed by atoms with Crippen LogP contribution in [0.25, 0.3) is 4.96 Å². The molecule has 0 spiro atoms. The molecule has 0 unspecified atom stereocenters. The maximum Gasteiger partial charge on any atom is 0.234 e. The van der Waals surface area contributed by atoms with Crippen LogP contribution in [0, 0.1) is 5.92 Å². The second-order valence-electron chi connectivity index (χ2n) is 4.78. The minimum Gasteiger partial charge on any atom is -0.376 e. The van der Waals surface area contributed by atoms with Gasteiger partial charge in [0.2, 0.25) is 4.96 Å². The lowest BCUT2D eigenvalue weighted by atomic mass is 10.1. The Labute approximate surface area is 109 Å². The zero-order valence-corrected chi connectivity index (χ0v) is 11.3. The Kier molecular flexibility index (Phi) is 3.27. The van der Waals surface area contributed by atoms with Crippen LogP contribution in [0.1, 0.15) is 30.8 Å². The van der Waals surface area contributed by atoms with Crippen LogP contribution >= 0.6 is 11.3 Å². The predicted molar refractivity (Wildman–Crippen MR) is 66.7 cm³/mol. The summed E-state index contributed by atoms with van der Waals surface area (Å²) in [6.07, 6.45) is 0.823. The van der Waals surface area contributed by atoms with Crippen molar-refractivity contribution in [3.05, 3.63) is 10.8 Å². The first kappa shape index (κ1) is 12.0. The summed E-state index contributed by atoms with van der Waals surface area (Å²) in [7, 11) is 0. The number of ether oxygens (including phenoxy) is 2. The standard InChI is InChI=1S/C11H16N4O2S/c1-7(2)5-9-12-13-11-15(9)14-10(18-11)8-6-16-3-4-17-8/h7-8H,3-6H2,1-2H3/t8-/m1/s1. The molecular formula is C11H16N4O2S. The van der Waals surface area contributed by atoms with Crippen LogP contribution in [-0.4, -0.2) is 39.6 Å². The molecular weight excluding hydrogens is 252 g/mol. The zero-order valence-electron chi connectivity index (χ0n) is 10.5. The van der Waals surface area contributed by atoms with E-state index >= 15 is 0 Å². The summed E-state index contributed by atoms with van der Waals surface area (Å²) in [5.74, 6) is 1.45. The minimum atomic E-state index is -0.0580. The smallest absolute Gasteiger partial charge is 0.234 e. The van der Waals surface area contributed by atoms with Crippen molar-refractivity contribution < 1.29 is 9.47 Å². The van der Waals surface area contributed by atoms with Gasteiger partial charge in [-0.1, -0.05) is 25.2 Å². The lowest BCUT2D eigenvalue weighted by Gasteiger charge is -2.20. The molecule has 98 valence electrons. The Bertz CT molecular complexity index is 530. The van der Waals surface area contributed by atoms with Crippen molar-refractivity contribution >= 4 is 16.3 Å². The highest BCUT2D eigenvalue weighted by Crippen LogP contribution is 2.25. The number of fused-ring (bicyclic) bond motifs is 1. The maximum absolute atomic E-state index is 5.65. The lowest BCUT2D eigenvalue weighted by molar-refractivity contribution is -0.0904. The van der Waals surface area contributed by atoms with Crippen LogP contribution in [0.5, 0.6) is 0 Å². The Morgan fingerprint density at radius 2 is 2.28 bits per heavy atom. The maximum atomic E-state index is 5.65. The topological polar surface area (TPSA) is 61.5 Å². The van der Waals surface area contributed by atoms with Gasteiger partial charge in [-0.2, -0.15) is 9.61 Å². The molecule has 1 aliphatic rings. The summed E-state index contributed by atoms with van der Waals surface area (Å²) in [6, 6.07) is 0. The Hall–Kier alpha value is -1.05. The fourth-order valence-electron chi connectivity index (χ4n) is 1.93. The van der Waals surface area contributed by atoms with Crippen LogP contribution in [0.3, 0.4) is 0 Å². The van der Waals surface area contributed by atoms with E-state index in [9.17, 15) is 0 Å². The van der Waals surface area contributed by atoms with E-state index in [1.54, 1.807) is 0 Å². The van der Waals surface area contributed by atoms with E-state index < -0.39 is 0 Å². The molecule has 1 fully saturated rings. The molecule has 1 aliphatic heterocycles. The van der Waals surface area contributed by atoms with Gasteiger partial charge in [-0.05, 0) is 5.92 Å². The van der Waals surface area contributed by atoms with E-state index in [-0.39, 0.29) is 6.10 Å². The fraction of sp³-hybridized carbons (Fsp3) is 0.727. The number of hydrogen-bond acceptors (Lipinski definition) is 6. The van der Waals surface area contributed by atoms with Gasteiger partial charge in [-0.25, -0.2) is 0 Å². The molecule has 6 nitrogen and oxygen atoms in total. The van der Waals surface area contributed by atoms with Crippen molar-refractivity contribution in [2.75, 3.05) is 19.8 Å². The van der Waals surface area contributed by atoms with Crippen molar-refractivity contribution in [1.82, 2.24) is 19.8 Å². The van der Waals surface area contributed by atoms with E-state index in [4.69, 9.17) is 9.47 Å². The Morgan fingerprint density at radius 1 is 1.39 bits per heavy atom. The molecule has 2 aromatic rings. The van der Waals surface area contributed by atoms with Crippen LogP contribution < -0.4 is 0 Å². The predicted octanol–water partition coefficient (Wildman–Crippen LogP) is 1.47. The van der Waals surface area contributed by atoms with E-state index in [1.807, 2.05) is 4.52 Å². The summed E-state index contributed by atoms with van der Waals surface area (Å²) in [5.41, 5.74) is 0. The first-order valence-corrected chi connectivity index (χ1v) is 6.96. The molecule has 1 atom stereocenters. The van der Waals surface area contributed by atoms with Gasteiger partial charge in [0.1, 0.15) is 11.1 Å². The van der Waals surface area contributed by atoms with Gasteiger partial charge in [0, 0.05) is 6.42 Å². The lowest BCUT2D eigenvalue weighted by Crippen LogP contribution is -2.22. The van der Waals surface area contributed by atoms with Crippen molar-refractivity contribution in [2.45, 2.75) is 26.4 Å². The molecule has 0 saturated carbocycles. The molecule has 0 radical (unpaired) electrons. The third kappa shape index (κ3) is 2.25. The van der Waals surface area contributed by atoms with Crippen molar-refractivity contribution in [3.8, 4) is 0 Å². The fourth-order valence-corrected chi connectivity index (χ4v) is 2.82. The summed E-state index contributed by atoms with van der Waals surface area (Å²) < 4.78 is 12.9. The third-order valence-corrected chi connectivity index (χ3v) is 3.74. The molecule has 0 aromatic carbocycles. The zero-order chi connectivity index (χ0) is 12.5. The van der Waals surface area contributed by atoms with Crippen LogP contribution in [0.15, 0.2) is 0 Å². The van der Waals surface area contributed by atoms with Crippen LogP contribution in [0.2, 0.25) is 0 Å². The highest BCUT2D eigenvalue weighted by atomic mass is 32.1. The van der Waals surface area contributed by atoms with Crippen LogP contribution in [0.4, 0.5) is 0 Å². The molecule has 3 heterocycles. The van der Waals surface area contributed by atoms with Gasteiger partial charge in [-0.3, -0.25) is 0 Å². The first-order valence-electron chi connectivity index (χ1n) is 6.14. The molecule has 3 rings (SSSR count). The monoisotopic (exact) mass is 268 g/mol. The molecule has 2 aromatic heterocycles. The molecule has 7 heteroatoms. The molecule has 0 amide bonds. The second-order valence-corrected chi connectivity index (χ2v) is 5.77. The number of rotatable bonds is 3. The van der Waals surface area contributed by atoms with Crippen LogP contribution in [-0.2, 0) is 15.9 Å². The summed E-state index contributed by atoms with van der Waals surface area (Å²) in [4.78, 5) is 0.829. The molecule has 18 heavy (non-hydrogen) atoms. The Morgan fingerprint density at radius 3 is 3.00 bits per heavy atom.